The van der Waals surface area contributed by atoms with Crippen LogP contribution in [0.3, 0.4) is 0 Å². The van der Waals surface area contributed by atoms with Crippen molar-refractivity contribution >= 4 is 5.97 Å². The maximum Gasteiger partial charge on any atom is 0.306 e. The van der Waals surface area contributed by atoms with E-state index in [0.29, 0.717) is 6.42 Å². The van der Waals surface area contributed by atoms with Crippen LogP contribution in [0, 0.1) is 0 Å². The smallest absolute Gasteiger partial charge is 0.306 e. The molecule has 0 unspecified atom stereocenters. The molecule has 0 radical (unpaired) electrons. The van der Waals surface area contributed by atoms with Gasteiger partial charge in [-0.1, -0.05) is 6.92 Å². The number of rotatable bonds is 3. The Bertz CT molecular complexity index is 105. The zero-order valence-corrected chi connectivity index (χ0v) is 8.46. The number of methoxy groups -OCH3 is 1. The van der Waals surface area contributed by atoms with Gasteiger partial charge in [0.05, 0.1) is 13.5 Å². The minimum atomic E-state index is -0.149. The first-order chi connectivity index (χ1) is 5.58. The van der Waals surface area contributed by atoms with Crippen molar-refractivity contribution in [3.8, 4) is 0 Å². The van der Waals surface area contributed by atoms with E-state index >= 15 is 0 Å². The number of nitrogens with zero attached hydrogens (tertiary/aromatic N) is 1. The summed E-state index contributed by atoms with van der Waals surface area (Å²) in [7, 11) is 5.24. The summed E-state index contributed by atoms with van der Waals surface area (Å²) in [6, 6.07) is 0. The second kappa shape index (κ2) is 10.4. The molecule has 0 bridgehead atoms. The minimum Gasteiger partial charge on any atom is -0.469 e. The third-order valence-electron chi connectivity index (χ3n) is 0.991. The van der Waals surface area contributed by atoms with Crippen LogP contribution in [0.5, 0.6) is 0 Å². The van der Waals surface area contributed by atoms with Crippen LogP contribution >= 0.6 is 0 Å². The summed E-state index contributed by atoms with van der Waals surface area (Å²) in [5.41, 5.74) is 4.85. The van der Waals surface area contributed by atoms with Crippen molar-refractivity contribution in [2.24, 2.45) is 5.73 Å². The standard InChI is InChI=1S/C6H13NO2.C2H7N/c1-7(2)5-4-6(8)9-3;1-2-3/h4-5H2,1-3H3;2-3H2,1H3. The fourth-order valence-electron chi connectivity index (χ4n) is 0.417. The van der Waals surface area contributed by atoms with Gasteiger partial charge in [0.1, 0.15) is 0 Å². The summed E-state index contributed by atoms with van der Waals surface area (Å²) in [5.74, 6) is -0.149. The van der Waals surface area contributed by atoms with Crippen molar-refractivity contribution in [2.75, 3.05) is 34.3 Å². The normalized spacial score (nSPS) is 8.83. The Labute approximate surface area is 74.7 Å². The van der Waals surface area contributed by atoms with E-state index in [0.717, 1.165) is 13.1 Å². The highest BCUT2D eigenvalue weighted by Crippen LogP contribution is 1.84. The maximum atomic E-state index is 10.5. The molecule has 2 N–H and O–H groups in total. The van der Waals surface area contributed by atoms with Crippen molar-refractivity contribution in [1.82, 2.24) is 4.90 Å². The van der Waals surface area contributed by atoms with Gasteiger partial charge in [0.15, 0.2) is 0 Å². The lowest BCUT2D eigenvalue weighted by Gasteiger charge is -2.06. The second-order valence-corrected chi connectivity index (χ2v) is 2.54. The Balaban J connectivity index is 0. The van der Waals surface area contributed by atoms with Crippen LogP contribution in [0.2, 0.25) is 0 Å². The summed E-state index contributed by atoms with van der Waals surface area (Å²) >= 11 is 0. The Hall–Kier alpha value is -0.610. The summed E-state index contributed by atoms with van der Waals surface area (Å²) in [4.78, 5) is 12.4. The van der Waals surface area contributed by atoms with E-state index in [4.69, 9.17) is 5.73 Å². The van der Waals surface area contributed by atoms with Gasteiger partial charge < -0.3 is 15.4 Å². The van der Waals surface area contributed by atoms with Crippen LogP contribution < -0.4 is 5.73 Å². The molecule has 4 nitrogen and oxygen atoms in total. The first-order valence-electron chi connectivity index (χ1n) is 4.00. The molecule has 0 saturated carbocycles. The molecule has 0 fully saturated rings. The van der Waals surface area contributed by atoms with E-state index in [1.165, 1.54) is 7.11 Å². The second-order valence-electron chi connectivity index (χ2n) is 2.54. The number of hydrogen-bond acceptors (Lipinski definition) is 4. The summed E-state index contributed by atoms with van der Waals surface area (Å²) in [6.07, 6.45) is 0.476. The van der Waals surface area contributed by atoms with Gasteiger partial charge in [-0.05, 0) is 20.6 Å². The summed E-state index contributed by atoms with van der Waals surface area (Å²) in [6.45, 7) is 3.41. The van der Waals surface area contributed by atoms with Crippen LogP contribution in [0.1, 0.15) is 13.3 Å². The first-order valence-corrected chi connectivity index (χ1v) is 4.00. The highest BCUT2D eigenvalue weighted by Gasteiger charge is 1.98. The lowest BCUT2D eigenvalue weighted by atomic mass is 10.4. The minimum absolute atomic E-state index is 0.149. The average Bonchev–Trinajstić information content (AvgIpc) is 2.01. The molecule has 0 aromatic carbocycles. The van der Waals surface area contributed by atoms with E-state index in [9.17, 15) is 4.79 Å². The van der Waals surface area contributed by atoms with Crippen LogP contribution in [-0.2, 0) is 9.53 Å². The zero-order valence-electron chi connectivity index (χ0n) is 8.46. The topological polar surface area (TPSA) is 55.6 Å². The number of carbonyl (C=O) groups excluding carboxylic acids is 1. The fourth-order valence-corrected chi connectivity index (χ4v) is 0.417. The third kappa shape index (κ3) is 16.2. The lowest BCUT2D eigenvalue weighted by molar-refractivity contribution is -0.140. The van der Waals surface area contributed by atoms with Crippen molar-refractivity contribution < 1.29 is 9.53 Å². The fraction of sp³-hybridized carbons (Fsp3) is 0.875. The van der Waals surface area contributed by atoms with Gasteiger partial charge in [0.2, 0.25) is 0 Å². The molecule has 74 valence electrons. The average molecular weight is 176 g/mol. The van der Waals surface area contributed by atoms with Crippen LogP contribution in [-0.4, -0.2) is 45.2 Å². The predicted molar refractivity (Wildman–Crippen MR) is 49.9 cm³/mol. The van der Waals surface area contributed by atoms with E-state index in [-0.39, 0.29) is 5.97 Å². The number of ether oxygens (including phenoxy) is 1. The van der Waals surface area contributed by atoms with Crippen molar-refractivity contribution in [1.29, 1.82) is 0 Å². The van der Waals surface area contributed by atoms with Gasteiger partial charge in [0, 0.05) is 6.54 Å². The van der Waals surface area contributed by atoms with E-state index in [1.54, 1.807) is 0 Å². The van der Waals surface area contributed by atoms with Gasteiger partial charge in [-0.15, -0.1) is 0 Å². The predicted octanol–water partition coefficient (Wildman–Crippen LogP) is 0.0761. The molecule has 0 atom stereocenters. The molecule has 0 saturated heterocycles. The maximum absolute atomic E-state index is 10.5. The molecular weight excluding hydrogens is 156 g/mol. The Kier molecular flexibility index (Phi) is 12.1. The molecule has 0 amide bonds. The molecule has 0 rings (SSSR count). The molecule has 0 aliphatic rings. The number of hydrogen-bond donors (Lipinski definition) is 1. The van der Waals surface area contributed by atoms with Gasteiger partial charge in [-0.2, -0.15) is 0 Å². The zero-order chi connectivity index (χ0) is 9.98. The molecule has 0 aliphatic heterocycles. The van der Waals surface area contributed by atoms with Crippen LogP contribution in [0.4, 0.5) is 0 Å². The molecule has 0 aromatic rings. The van der Waals surface area contributed by atoms with Gasteiger partial charge in [-0.3, -0.25) is 4.79 Å². The molecule has 4 heteroatoms. The van der Waals surface area contributed by atoms with E-state index in [2.05, 4.69) is 4.74 Å². The highest BCUT2D eigenvalue weighted by atomic mass is 16.5. The van der Waals surface area contributed by atoms with Gasteiger partial charge in [0.25, 0.3) is 0 Å². The molecule has 0 spiro atoms. The quantitative estimate of drug-likeness (QED) is 0.619. The molecule has 0 heterocycles. The van der Waals surface area contributed by atoms with Crippen LogP contribution in [0.25, 0.3) is 0 Å². The Morgan fingerprint density at radius 2 is 1.92 bits per heavy atom. The third-order valence-corrected chi connectivity index (χ3v) is 0.991. The number of carbonyl (C=O) groups is 1. The SMILES string of the molecule is CCN.COC(=O)CCN(C)C. The summed E-state index contributed by atoms with van der Waals surface area (Å²) < 4.78 is 4.43. The van der Waals surface area contributed by atoms with Crippen molar-refractivity contribution in [2.45, 2.75) is 13.3 Å². The van der Waals surface area contributed by atoms with Crippen molar-refractivity contribution in [3.63, 3.8) is 0 Å². The van der Waals surface area contributed by atoms with Gasteiger partial charge >= 0.3 is 5.97 Å². The molecule has 12 heavy (non-hydrogen) atoms. The van der Waals surface area contributed by atoms with Gasteiger partial charge in [-0.25, -0.2) is 0 Å². The molecular formula is C8H20N2O2. The number of esters is 1. The Morgan fingerprint density at radius 1 is 1.50 bits per heavy atom. The van der Waals surface area contributed by atoms with E-state index in [1.807, 2.05) is 25.9 Å². The lowest BCUT2D eigenvalue weighted by Crippen LogP contribution is -2.17. The molecule has 0 aromatic heterocycles. The van der Waals surface area contributed by atoms with Crippen LogP contribution in [0.15, 0.2) is 0 Å². The number of nitrogens with two attached hydrogens (primary N) is 1. The monoisotopic (exact) mass is 176 g/mol. The van der Waals surface area contributed by atoms with E-state index < -0.39 is 0 Å². The highest BCUT2D eigenvalue weighted by molar-refractivity contribution is 5.69. The first kappa shape index (κ1) is 13.9. The molecule has 0 aliphatic carbocycles. The summed E-state index contributed by atoms with van der Waals surface area (Å²) in [5, 5.41) is 0. The Morgan fingerprint density at radius 3 is 2.17 bits per heavy atom. The largest absolute Gasteiger partial charge is 0.469 e. The van der Waals surface area contributed by atoms with Crippen molar-refractivity contribution in [3.05, 3.63) is 0 Å².